The summed E-state index contributed by atoms with van der Waals surface area (Å²) in [6, 6.07) is 11.8. The van der Waals surface area contributed by atoms with Crippen molar-refractivity contribution >= 4 is 28.3 Å². The van der Waals surface area contributed by atoms with E-state index in [1.165, 1.54) is 24.3 Å². The highest BCUT2D eigenvalue weighted by Gasteiger charge is 2.24. The van der Waals surface area contributed by atoms with Crippen LogP contribution in [-0.2, 0) is 24.4 Å². The molecule has 0 bridgehead atoms. The van der Waals surface area contributed by atoms with E-state index in [2.05, 4.69) is 14.7 Å². The van der Waals surface area contributed by atoms with Crippen LogP contribution in [0.3, 0.4) is 0 Å². The summed E-state index contributed by atoms with van der Waals surface area (Å²) >= 11 is 0. The van der Waals surface area contributed by atoms with Crippen molar-refractivity contribution in [1.29, 1.82) is 0 Å². The van der Waals surface area contributed by atoms with Crippen LogP contribution in [0.4, 0.5) is 14.5 Å². The molecule has 6 rings (SSSR count). The van der Waals surface area contributed by atoms with Crippen LogP contribution in [0.2, 0.25) is 0 Å². The molecule has 11 heteroatoms. The first kappa shape index (κ1) is 27.5. The van der Waals surface area contributed by atoms with Crippen LogP contribution in [-0.4, -0.2) is 56.3 Å². The first-order valence-corrected chi connectivity index (χ1v) is 13.6. The molecule has 214 valence electrons. The van der Waals surface area contributed by atoms with Crippen molar-refractivity contribution in [2.45, 2.75) is 38.6 Å². The Hall–Kier alpha value is -4.66. The molecule has 2 aromatic carbocycles. The highest BCUT2D eigenvalue weighted by molar-refractivity contribution is 5.92. The zero-order valence-corrected chi connectivity index (χ0v) is 22.6. The number of halogens is 2. The highest BCUT2D eigenvalue weighted by atomic mass is 19.1. The summed E-state index contributed by atoms with van der Waals surface area (Å²) in [7, 11) is 0. The summed E-state index contributed by atoms with van der Waals surface area (Å²) in [5, 5.41) is 9.48. The molecule has 0 unspecified atom stereocenters. The Bertz CT molecular complexity index is 1740. The van der Waals surface area contributed by atoms with Gasteiger partial charge < -0.3 is 19.1 Å². The van der Waals surface area contributed by atoms with E-state index in [-0.39, 0.29) is 41.1 Å². The maximum atomic E-state index is 14.8. The average Bonchev–Trinajstić information content (AvgIpc) is 3.31. The summed E-state index contributed by atoms with van der Waals surface area (Å²) in [6.45, 7) is 9.92. The van der Waals surface area contributed by atoms with Gasteiger partial charge in [-0.2, -0.15) is 0 Å². The molecule has 4 aromatic rings. The number of hydrogen-bond acceptors (Lipinski definition) is 6. The van der Waals surface area contributed by atoms with Gasteiger partial charge >= 0.3 is 5.97 Å². The van der Waals surface area contributed by atoms with Crippen molar-refractivity contribution in [2.75, 3.05) is 19.7 Å². The number of carbonyl (C=O) groups is 1. The van der Waals surface area contributed by atoms with Gasteiger partial charge in [-0.15, -0.1) is 0 Å². The van der Waals surface area contributed by atoms with E-state index in [1.807, 2.05) is 10.6 Å². The van der Waals surface area contributed by atoms with Gasteiger partial charge in [0.15, 0.2) is 5.69 Å². The lowest BCUT2D eigenvalue weighted by molar-refractivity contribution is -0.0591. The van der Waals surface area contributed by atoms with Gasteiger partial charge in [-0.05, 0) is 48.7 Å². The molecular formula is C31H27F2N5O4. The maximum Gasteiger partial charge on any atom is 0.335 e. The van der Waals surface area contributed by atoms with Gasteiger partial charge in [0.2, 0.25) is 5.88 Å². The molecule has 9 nitrogen and oxygen atoms in total. The number of imidazole rings is 1. The molecule has 0 spiro atoms. The van der Waals surface area contributed by atoms with E-state index in [1.54, 1.807) is 18.2 Å². The molecule has 1 N–H and O–H groups in total. The molecule has 2 aliphatic heterocycles. The van der Waals surface area contributed by atoms with Crippen LogP contribution in [0.15, 0.2) is 54.6 Å². The fourth-order valence-corrected chi connectivity index (χ4v) is 5.14. The number of aromatic carboxylic acids is 1. The third-order valence-corrected chi connectivity index (χ3v) is 7.58. The molecule has 1 atom stereocenters. The molecular weight excluding hydrogens is 544 g/mol. The van der Waals surface area contributed by atoms with Crippen molar-refractivity contribution in [3.05, 3.63) is 100 Å². The van der Waals surface area contributed by atoms with Gasteiger partial charge in [0.25, 0.3) is 0 Å². The lowest BCUT2D eigenvalue weighted by Crippen LogP contribution is -2.33. The number of fused-ring (bicyclic) bond motifs is 1. The van der Waals surface area contributed by atoms with Crippen molar-refractivity contribution < 1.29 is 28.2 Å². The van der Waals surface area contributed by atoms with Crippen LogP contribution in [0.5, 0.6) is 5.88 Å². The molecule has 0 aliphatic carbocycles. The fourth-order valence-electron chi connectivity index (χ4n) is 5.14. The van der Waals surface area contributed by atoms with Crippen molar-refractivity contribution in [3.8, 4) is 5.88 Å². The van der Waals surface area contributed by atoms with Gasteiger partial charge in [-0.3, -0.25) is 4.90 Å². The Morgan fingerprint density at radius 1 is 1.14 bits per heavy atom. The fraction of sp³-hybridized carbons (Fsp3) is 0.290. The summed E-state index contributed by atoms with van der Waals surface area (Å²) in [5.41, 5.74) is 3.13. The van der Waals surface area contributed by atoms with E-state index < -0.39 is 17.6 Å². The third-order valence-electron chi connectivity index (χ3n) is 7.58. The van der Waals surface area contributed by atoms with Gasteiger partial charge in [-0.1, -0.05) is 18.2 Å². The number of carboxylic acid groups (broad SMARTS) is 1. The minimum absolute atomic E-state index is 0.0700. The van der Waals surface area contributed by atoms with Gasteiger partial charge in [0.1, 0.15) is 29.8 Å². The van der Waals surface area contributed by atoms with E-state index in [0.717, 1.165) is 41.5 Å². The Labute approximate surface area is 240 Å². The minimum atomic E-state index is -0.988. The molecule has 1 saturated heterocycles. The number of hydrogen-bond donors (Lipinski definition) is 1. The lowest BCUT2D eigenvalue weighted by atomic mass is 10.0. The first-order chi connectivity index (χ1) is 20.4. The summed E-state index contributed by atoms with van der Waals surface area (Å²) < 4.78 is 42.4. The minimum Gasteiger partial charge on any atom is -0.478 e. The predicted octanol–water partition coefficient (Wildman–Crippen LogP) is 5.62. The predicted molar refractivity (Wildman–Crippen MR) is 150 cm³/mol. The SMILES string of the molecule is [C-]#[N+]c1ccc(COc2ccc(F)c(C3=CCN(Cc4nc5ccc(C(=O)O)cc5n4C[C@@H]4CCO4)CC3)n2)c(F)c1. The highest BCUT2D eigenvalue weighted by Crippen LogP contribution is 2.28. The van der Waals surface area contributed by atoms with Crippen molar-refractivity contribution in [1.82, 2.24) is 19.4 Å². The first-order valence-electron chi connectivity index (χ1n) is 13.6. The second kappa shape index (κ2) is 11.7. The quantitative estimate of drug-likeness (QED) is 0.261. The summed E-state index contributed by atoms with van der Waals surface area (Å²) in [4.78, 5) is 26.1. The van der Waals surface area contributed by atoms with Crippen LogP contribution in [0.1, 0.15) is 40.3 Å². The molecule has 0 saturated carbocycles. The molecule has 2 aromatic heterocycles. The Balaban J connectivity index is 1.16. The standard InChI is InChI=1S/C31H27F2N5O4/c1-34-22-4-2-21(25(33)15-22)18-42-29-7-5-24(32)30(36-29)19-8-11-37(12-9-19)17-28-35-26-6-3-20(31(39)40)14-27(26)38(28)16-23-10-13-41-23/h2-8,14-15,23H,9-13,16-18H2,(H,39,40)/t23-/m0/s1. The number of nitrogens with zero attached hydrogens (tertiary/aromatic N) is 5. The Kier molecular flexibility index (Phi) is 7.65. The maximum absolute atomic E-state index is 14.8. The summed E-state index contributed by atoms with van der Waals surface area (Å²) in [6.07, 6.45) is 3.50. The molecule has 2 aliphatic rings. The second-order valence-electron chi connectivity index (χ2n) is 10.3. The number of aromatic nitrogens is 3. The van der Waals surface area contributed by atoms with Gasteiger partial charge in [0, 0.05) is 31.3 Å². The Morgan fingerprint density at radius 2 is 2.00 bits per heavy atom. The average molecular weight is 572 g/mol. The van der Waals surface area contributed by atoms with Gasteiger partial charge in [-0.25, -0.2) is 28.4 Å². The number of rotatable bonds is 9. The molecule has 0 amide bonds. The zero-order valence-electron chi connectivity index (χ0n) is 22.6. The monoisotopic (exact) mass is 571 g/mol. The largest absolute Gasteiger partial charge is 0.478 e. The zero-order chi connectivity index (χ0) is 29.2. The van der Waals surface area contributed by atoms with Crippen molar-refractivity contribution in [3.63, 3.8) is 0 Å². The number of carboxylic acids is 1. The van der Waals surface area contributed by atoms with E-state index in [4.69, 9.17) is 21.0 Å². The van der Waals surface area contributed by atoms with Crippen LogP contribution in [0, 0.1) is 18.2 Å². The van der Waals surface area contributed by atoms with E-state index >= 15 is 0 Å². The molecule has 42 heavy (non-hydrogen) atoms. The number of benzene rings is 2. The van der Waals surface area contributed by atoms with E-state index in [9.17, 15) is 18.7 Å². The second-order valence-corrected chi connectivity index (χ2v) is 10.3. The van der Waals surface area contributed by atoms with Gasteiger partial charge in [0.05, 0.1) is 42.4 Å². The third kappa shape index (κ3) is 5.72. The van der Waals surface area contributed by atoms with Crippen LogP contribution >= 0.6 is 0 Å². The number of pyridine rings is 1. The van der Waals surface area contributed by atoms with Crippen molar-refractivity contribution in [2.24, 2.45) is 0 Å². The van der Waals surface area contributed by atoms with Crippen LogP contribution in [0.25, 0.3) is 21.5 Å². The number of ether oxygens (including phenoxy) is 2. The molecule has 1 fully saturated rings. The summed E-state index contributed by atoms with van der Waals surface area (Å²) in [5.74, 6) is -1.01. The molecule has 0 radical (unpaired) electrons. The smallest absolute Gasteiger partial charge is 0.335 e. The normalized spacial score (nSPS) is 17.0. The van der Waals surface area contributed by atoms with E-state index in [0.29, 0.717) is 32.6 Å². The van der Waals surface area contributed by atoms with Crippen LogP contribution < -0.4 is 4.74 Å². The molecule has 4 heterocycles. The lowest BCUT2D eigenvalue weighted by Gasteiger charge is -2.29. The Morgan fingerprint density at radius 3 is 2.69 bits per heavy atom. The topological polar surface area (TPSA) is 94.1 Å².